The van der Waals surface area contributed by atoms with Crippen LogP contribution in [0.3, 0.4) is 0 Å². The van der Waals surface area contributed by atoms with Gasteiger partial charge in [0.15, 0.2) is 0 Å². The Kier molecular flexibility index (Phi) is 18.9. The average molecular weight is 457 g/mol. The second-order valence-corrected chi connectivity index (χ2v) is 10.3. The number of unbranched alkanes of at least 4 members (excludes halogenated alkanes) is 17. The quantitative estimate of drug-likeness (QED) is 0.164. The summed E-state index contributed by atoms with van der Waals surface area (Å²) in [4.78, 5) is 0. The van der Waals surface area contributed by atoms with Crippen LogP contribution in [0.5, 0.6) is 0 Å². The van der Waals surface area contributed by atoms with E-state index in [-0.39, 0.29) is 18.6 Å². The minimum atomic E-state index is -1.08. The van der Waals surface area contributed by atoms with Crippen LogP contribution in [-0.4, -0.2) is 46.3 Å². The van der Waals surface area contributed by atoms with Crippen molar-refractivity contribution in [2.45, 2.75) is 167 Å². The van der Waals surface area contributed by atoms with E-state index in [2.05, 4.69) is 13.8 Å². The van der Waals surface area contributed by atoms with Crippen molar-refractivity contribution in [1.29, 1.82) is 0 Å². The Hall–Kier alpha value is -0.160. The van der Waals surface area contributed by atoms with Gasteiger partial charge in [-0.3, -0.25) is 0 Å². The van der Waals surface area contributed by atoms with Gasteiger partial charge < -0.3 is 20.1 Å². The predicted octanol–water partition coefficient (Wildman–Crippen LogP) is 6.93. The maximum absolute atomic E-state index is 10.2. The van der Waals surface area contributed by atoms with Crippen molar-refractivity contribution in [3.05, 3.63) is 0 Å². The molecule has 0 spiro atoms. The molecule has 1 aliphatic rings. The monoisotopic (exact) mass is 456 g/mol. The van der Waals surface area contributed by atoms with Gasteiger partial charge in [0, 0.05) is 0 Å². The van der Waals surface area contributed by atoms with Crippen LogP contribution in [0.25, 0.3) is 0 Å². The van der Waals surface area contributed by atoms with Crippen molar-refractivity contribution < 1.29 is 20.1 Å². The van der Waals surface area contributed by atoms with Gasteiger partial charge in [0.25, 0.3) is 0 Å². The molecule has 4 heteroatoms. The zero-order chi connectivity index (χ0) is 23.4. The normalized spacial score (nSPS) is 24.7. The van der Waals surface area contributed by atoms with E-state index in [0.717, 1.165) is 19.3 Å². The molecule has 4 nitrogen and oxygen atoms in total. The topological polar surface area (TPSA) is 69.9 Å². The van der Waals surface area contributed by atoms with Gasteiger partial charge in [0.1, 0.15) is 18.3 Å². The van der Waals surface area contributed by atoms with Crippen LogP contribution < -0.4 is 0 Å². The van der Waals surface area contributed by atoms with Crippen LogP contribution >= 0.6 is 0 Å². The lowest BCUT2D eigenvalue weighted by atomic mass is 9.85. The van der Waals surface area contributed by atoms with E-state index in [1.165, 1.54) is 109 Å². The SMILES string of the molecule is CCCCCCCCCCCCCCCCCCCCC(CC)[C@@H]1OC[C@@H](O)[C@H](O)[C@H]1O. The first kappa shape index (κ1) is 29.9. The summed E-state index contributed by atoms with van der Waals surface area (Å²) in [7, 11) is 0. The lowest BCUT2D eigenvalue weighted by Gasteiger charge is -2.39. The second-order valence-electron chi connectivity index (χ2n) is 10.3. The van der Waals surface area contributed by atoms with Crippen LogP contribution in [0, 0.1) is 5.92 Å². The molecule has 1 fully saturated rings. The Morgan fingerprint density at radius 3 is 1.41 bits per heavy atom. The first-order chi connectivity index (χ1) is 15.6. The van der Waals surface area contributed by atoms with Gasteiger partial charge in [-0.05, 0) is 12.3 Å². The molecule has 3 N–H and O–H groups in total. The van der Waals surface area contributed by atoms with Crippen molar-refractivity contribution in [3.63, 3.8) is 0 Å². The number of rotatable bonds is 21. The molecule has 0 aromatic heterocycles. The minimum Gasteiger partial charge on any atom is -0.388 e. The van der Waals surface area contributed by atoms with Gasteiger partial charge in [-0.2, -0.15) is 0 Å². The molecule has 5 atom stereocenters. The largest absolute Gasteiger partial charge is 0.388 e. The molecule has 0 saturated carbocycles. The number of hydrogen-bond donors (Lipinski definition) is 3. The predicted molar refractivity (Wildman–Crippen MR) is 135 cm³/mol. The number of aliphatic hydroxyl groups excluding tert-OH is 3. The highest BCUT2D eigenvalue weighted by molar-refractivity contribution is 4.89. The van der Waals surface area contributed by atoms with Crippen molar-refractivity contribution in [2.24, 2.45) is 5.92 Å². The molecule has 1 rings (SSSR count). The van der Waals surface area contributed by atoms with Crippen LogP contribution in [-0.2, 0) is 4.74 Å². The van der Waals surface area contributed by atoms with Crippen molar-refractivity contribution in [1.82, 2.24) is 0 Å². The lowest BCUT2D eigenvalue weighted by molar-refractivity contribution is -0.201. The summed E-state index contributed by atoms with van der Waals surface area (Å²) in [5.41, 5.74) is 0. The van der Waals surface area contributed by atoms with Gasteiger partial charge in [-0.15, -0.1) is 0 Å². The fourth-order valence-corrected chi connectivity index (χ4v) is 5.15. The van der Waals surface area contributed by atoms with Gasteiger partial charge >= 0.3 is 0 Å². The first-order valence-corrected chi connectivity index (χ1v) is 14.3. The number of ether oxygens (including phenoxy) is 1. The average Bonchev–Trinajstić information content (AvgIpc) is 2.80. The Bertz CT molecular complexity index is 403. The summed E-state index contributed by atoms with van der Waals surface area (Å²) < 4.78 is 5.65. The Morgan fingerprint density at radius 2 is 1.00 bits per heavy atom. The van der Waals surface area contributed by atoms with Crippen LogP contribution in [0.2, 0.25) is 0 Å². The Morgan fingerprint density at radius 1 is 0.594 bits per heavy atom. The molecule has 0 aromatic carbocycles. The van der Waals surface area contributed by atoms with Gasteiger partial charge in [0.2, 0.25) is 0 Å². The van der Waals surface area contributed by atoms with Crippen molar-refractivity contribution in [2.75, 3.05) is 6.61 Å². The molecule has 1 heterocycles. The fraction of sp³-hybridized carbons (Fsp3) is 1.00. The molecule has 1 unspecified atom stereocenters. The van der Waals surface area contributed by atoms with E-state index in [0.29, 0.717) is 0 Å². The molecular weight excluding hydrogens is 400 g/mol. The van der Waals surface area contributed by atoms with E-state index in [9.17, 15) is 15.3 Å². The molecule has 0 aliphatic carbocycles. The van der Waals surface area contributed by atoms with Crippen molar-refractivity contribution >= 4 is 0 Å². The Labute approximate surface area is 199 Å². The number of aliphatic hydroxyl groups is 3. The molecule has 1 saturated heterocycles. The molecule has 0 radical (unpaired) electrons. The highest BCUT2D eigenvalue weighted by Gasteiger charge is 2.40. The molecule has 1 aliphatic heterocycles. The number of hydrogen-bond acceptors (Lipinski definition) is 4. The summed E-state index contributed by atoms with van der Waals surface area (Å²) in [6, 6.07) is 0. The van der Waals surface area contributed by atoms with Gasteiger partial charge in [-0.1, -0.05) is 136 Å². The molecule has 32 heavy (non-hydrogen) atoms. The first-order valence-electron chi connectivity index (χ1n) is 14.3. The lowest BCUT2D eigenvalue weighted by Crippen LogP contribution is -2.55. The maximum Gasteiger partial charge on any atom is 0.111 e. The smallest absolute Gasteiger partial charge is 0.111 e. The van der Waals surface area contributed by atoms with E-state index in [1.54, 1.807) is 0 Å². The molecule has 0 bridgehead atoms. The summed E-state index contributed by atoms with van der Waals surface area (Å²) in [5, 5.41) is 29.8. The standard InChI is InChI=1S/C28H56O4/c1-3-5-6-7-8-9-10-11-12-13-14-15-16-17-18-19-20-21-22-24(4-2)28-27(31)26(30)25(29)23-32-28/h24-31H,3-23H2,1-2H3/t24?,25-,26+,27-,28+/m1/s1. The van der Waals surface area contributed by atoms with E-state index in [1.807, 2.05) is 0 Å². The molecule has 192 valence electrons. The highest BCUT2D eigenvalue weighted by Crippen LogP contribution is 2.28. The van der Waals surface area contributed by atoms with E-state index in [4.69, 9.17) is 4.74 Å². The van der Waals surface area contributed by atoms with Crippen LogP contribution in [0.15, 0.2) is 0 Å². The Balaban J connectivity index is 1.86. The minimum absolute atomic E-state index is 0.124. The summed E-state index contributed by atoms with van der Waals surface area (Å²) >= 11 is 0. The van der Waals surface area contributed by atoms with Crippen LogP contribution in [0.4, 0.5) is 0 Å². The molecule has 0 aromatic rings. The van der Waals surface area contributed by atoms with E-state index >= 15 is 0 Å². The summed E-state index contributed by atoms with van der Waals surface area (Å²) in [6.45, 7) is 4.53. The third-order valence-electron chi connectivity index (χ3n) is 7.46. The maximum atomic E-state index is 10.2. The van der Waals surface area contributed by atoms with Crippen molar-refractivity contribution in [3.8, 4) is 0 Å². The third kappa shape index (κ3) is 13.5. The zero-order valence-corrected chi connectivity index (χ0v) is 21.5. The molecule has 0 amide bonds. The van der Waals surface area contributed by atoms with Crippen LogP contribution in [0.1, 0.15) is 142 Å². The second kappa shape index (κ2) is 20.2. The fourth-order valence-electron chi connectivity index (χ4n) is 5.15. The van der Waals surface area contributed by atoms with Gasteiger partial charge in [0.05, 0.1) is 12.7 Å². The molecular formula is C28H56O4. The van der Waals surface area contributed by atoms with Gasteiger partial charge in [-0.25, -0.2) is 0 Å². The summed E-state index contributed by atoms with van der Waals surface area (Å²) in [5.74, 6) is 0.258. The third-order valence-corrected chi connectivity index (χ3v) is 7.46. The zero-order valence-electron chi connectivity index (χ0n) is 21.5. The highest BCUT2D eigenvalue weighted by atomic mass is 16.5. The van der Waals surface area contributed by atoms with E-state index < -0.39 is 18.3 Å². The summed E-state index contributed by atoms with van der Waals surface area (Å²) in [6.07, 6.45) is 23.5.